The number of rotatable bonds is 16. The summed E-state index contributed by atoms with van der Waals surface area (Å²) in [6, 6.07) is 3.13. The molecule has 0 radical (unpaired) electrons. The average Bonchev–Trinajstić information content (AvgIpc) is 3.63. The van der Waals surface area contributed by atoms with Crippen molar-refractivity contribution < 1.29 is 48.3 Å². The molecule has 1 aliphatic carbocycles. The molecule has 1 saturated heterocycles. The third-order valence-corrected chi connectivity index (χ3v) is 9.04. The lowest BCUT2D eigenvalue weighted by atomic mass is 9.80. The fourth-order valence-corrected chi connectivity index (χ4v) is 5.82. The van der Waals surface area contributed by atoms with E-state index in [4.69, 9.17) is 10.2 Å². The Morgan fingerprint density at radius 2 is 1.50 bits per heavy atom. The predicted molar refractivity (Wildman–Crippen MR) is 208 cm³/mol. The minimum absolute atomic E-state index is 0.0557. The first kappa shape index (κ1) is 49.4. The van der Waals surface area contributed by atoms with Crippen molar-refractivity contribution in [1.29, 1.82) is 0 Å². The standard InChI is InChI=1S/C34H50FN7O7.C3H8O2.C2H6/c1-20(2)24(39-34(49)42(35)21(3)4)18-28(44)41-16-10-15-26(41)31(46)38-25(17-22-11-9-12-22)30(45)33(48)37-19-27(43)40-29(32(47)36-5)23-13-7-6-8-14-23;1-3(2,4)5;1-2/h6-8,13-14,20-22,24-26,29H,9-12,15-19H2,1-5H3,(H,36,47)(H,37,48)(H,38,46)(H,39,49)(H,40,43);4-5H,1-2H3;1-2H3/t24?,25-,26?,29?;;/m0../s1. The summed E-state index contributed by atoms with van der Waals surface area (Å²) < 4.78 is 14.1. The number of Topliss-reactive ketones (excluding diaryl/α,β-unsaturated/α-hetero) is 1. The average molecular weight is 794 g/mol. The second-order valence-electron chi connectivity index (χ2n) is 14.8. The summed E-state index contributed by atoms with van der Waals surface area (Å²) in [6.45, 7) is 12.9. The van der Waals surface area contributed by atoms with E-state index >= 15 is 0 Å². The van der Waals surface area contributed by atoms with Crippen LogP contribution in [0.15, 0.2) is 30.3 Å². The fourth-order valence-electron chi connectivity index (χ4n) is 5.82. The zero-order valence-corrected chi connectivity index (χ0v) is 34.3. The third-order valence-electron chi connectivity index (χ3n) is 9.04. The van der Waals surface area contributed by atoms with E-state index < -0.39 is 83.9 Å². The zero-order valence-electron chi connectivity index (χ0n) is 34.3. The van der Waals surface area contributed by atoms with Gasteiger partial charge in [0, 0.05) is 26.1 Å². The Balaban J connectivity index is 0.00000207. The molecule has 56 heavy (non-hydrogen) atoms. The molecule has 0 bridgehead atoms. The van der Waals surface area contributed by atoms with Gasteiger partial charge in [0.25, 0.3) is 5.91 Å². The van der Waals surface area contributed by atoms with Gasteiger partial charge in [0.05, 0.1) is 18.6 Å². The molecule has 3 rings (SSSR count). The summed E-state index contributed by atoms with van der Waals surface area (Å²) in [5.41, 5.74) is 0.530. The lowest BCUT2D eigenvalue weighted by Crippen LogP contribution is -2.55. The number of urea groups is 1. The van der Waals surface area contributed by atoms with E-state index in [-0.39, 0.29) is 36.3 Å². The van der Waals surface area contributed by atoms with E-state index in [1.54, 1.807) is 44.2 Å². The van der Waals surface area contributed by atoms with Crippen molar-refractivity contribution in [3.05, 3.63) is 35.9 Å². The summed E-state index contributed by atoms with van der Waals surface area (Å²) in [7, 11) is 1.43. The van der Waals surface area contributed by atoms with Gasteiger partial charge < -0.3 is 41.7 Å². The molecule has 16 nitrogen and oxygen atoms in total. The number of nitrogens with one attached hydrogen (secondary N) is 5. The van der Waals surface area contributed by atoms with Gasteiger partial charge in [0.15, 0.2) is 5.79 Å². The van der Waals surface area contributed by atoms with Crippen molar-refractivity contribution >= 4 is 41.4 Å². The van der Waals surface area contributed by atoms with Crippen molar-refractivity contribution in [3.63, 3.8) is 0 Å². The first-order valence-electron chi connectivity index (χ1n) is 19.4. The van der Waals surface area contributed by atoms with E-state index in [9.17, 15) is 38.0 Å². The van der Waals surface area contributed by atoms with E-state index in [0.717, 1.165) is 19.3 Å². The highest BCUT2D eigenvalue weighted by molar-refractivity contribution is 6.38. The summed E-state index contributed by atoms with van der Waals surface area (Å²) >= 11 is 0. The molecule has 316 valence electrons. The molecule has 7 amide bonds. The van der Waals surface area contributed by atoms with Crippen LogP contribution in [-0.4, -0.2) is 112 Å². The van der Waals surface area contributed by atoms with Crippen LogP contribution < -0.4 is 26.6 Å². The number of halogens is 1. The molecular formula is C39H64FN7O9. The first-order chi connectivity index (χ1) is 26.2. The highest BCUT2D eigenvalue weighted by Crippen LogP contribution is 2.31. The van der Waals surface area contributed by atoms with Crippen LogP contribution in [0.2, 0.25) is 0 Å². The molecule has 4 atom stereocenters. The van der Waals surface area contributed by atoms with Crippen LogP contribution in [-0.2, 0) is 28.8 Å². The number of carbonyl (C=O) groups excluding carboxylic acids is 7. The van der Waals surface area contributed by atoms with Crippen LogP contribution in [0.3, 0.4) is 0 Å². The second kappa shape index (κ2) is 24.1. The van der Waals surface area contributed by atoms with Crippen molar-refractivity contribution in [2.45, 2.75) is 136 Å². The number of aliphatic hydroxyl groups is 2. The number of nitrogens with zero attached hydrogens (tertiary/aromatic N) is 2. The quantitative estimate of drug-likeness (QED) is 0.0740. The molecule has 1 aromatic carbocycles. The normalized spacial score (nSPS) is 16.7. The van der Waals surface area contributed by atoms with Crippen molar-refractivity contribution in [2.75, 3.05) is 20.1 Å². The van der Waals surface area contributed by atoms with Crippen molar-refractivity contribution in [2.24, 2.45) is 11.8 Å². The number of hydrogen-bond acceptors (Lipinski definition) is 9. The van der Waals surface area contributed by atoms with Gasteiger partial charge in [-0.3, -0.25) is 28.8 Å². The van der Waals surface area contributed by atoms with Crippen molar-refractivity contribution in [1.82, 2.24) is 36.6 Å². The second-order valence-corrected chi connectivity index (χ2v) is 14.8. The van der Waals surface area contributed by atoms with E-state index in [1.807, 2.05) is 13.8 Å². The Labute approximate surface area is 330 Å². The lowest BCUT2D eigenvalue weighted by Gasteiger charge is -2.32. The van der Waals surface area contributed by atoms with Crippen LogP contribution in [0.5, 0.6) is 0 Å². The van der Waals surface area contributed by atoms with E-state index in [0.29, 0.717) is 18.4 Å². The molecule has 2 aliphatic rings. The van der Waals surface area contributed by atoms with Gasteiger partial charge in [-0.25, -0.2) is 4.79 Å². The molecule has 1 aromatic rings. The zero-order chi connectivity index (χ0) is 42.7. The Kier molecular flexibility index (Phi) is 21.2. The molecule has 17 heteroatoms. The van der Waals surface area contributed by atoms with Gasteiger partial charge in [-0.05, 0) is 64.4 Å². The van der Waals surface area contributed by atoms with Gasteiger partial charge in [-0.1, -0.05) is 81.8 Å². The van der Waals surface area contributed by atoms with Gasteiger partial charge in [-0.2, -0.15) is 5.12 Å². The first-order valence-corrected chi connectivity index (χ1v) is 19.4. The number of carbonyl (C=O) groups is 7. The molecule has 1 heterocycles. The molecule has 7 N–H and O–H groups in total. The summed E-state index contributed by atoms with van der Waals surface area (Å²) in [6.07, 6.45) is 3.60. The minimum Gasteiger partial charge on any atom is -0.366 e. The van der Waals surface area contributed by atoms with Crippen molar-refractivity contribution in [3.8, 4) is 0 Å². The lowest BCUT2D eigenvalue weighted by molar-refractivity contribution is -0.143. The number of likely N-dealkylation sites (N-methyl/N-ethyl adjacent to an activating group) is 1. The minimum atomic E-state index is -1.50. The topological polar surface area (TPSA) is 227 Å². The van der Waals surface area contributed by atoms with Crippen LogP contribution in [0, 0.1) is 11.8 Å². The summed E-state index contributed by atoms with van der Waals surface area (Å²) in [5, 5.41) is 28.8. The van der Waals surface area contributed by atoms with Gasteiger partial charge in [0.2, 0.25) is 29.4 Å². The number of benzene rings is 1. The molecule has 0 spiro atoms. The summed E-state index contributed by atoms with van der Waals surface area (Å²) in [4.78, 5) is 92.1. The smallest absolute Gasteiger partial charge is 0.345 e. The molecular weight excluding hydrogens is 729 g/mol. The molecule has 3 unspecified atom stereocenters. The van der Waals surface area contributed by atoms with Gasteiger partial charge in [-0.15, -0.1) is 0 Å². The Morgan fingerprint density at radius 3 is 2.00 bits per heavy atom. The van der Waals surface area contributed by atoms with E-state index in [1.165, 1.54) is 39.6 Å². The van der Waals surface area contributed by atoms with Crippen LogP contribution in [0.1, 0.15) is 112 Å². The molecule has 0 aromatic heterocycles. The maximum absolute atomic E-state index is 14.1. The van der Waals surface area contributed by atoms with Crippen LogP contribution in [0.25, 0.3) is 0 Å². The fraction of sp³-hybridized carbons (Fsp3) is 0.667. The van der Waals surface area contributed by atoms with Gasteiger partial charge in [0.1, 0.15) is 12.1 Å². The Morgan fingerprint density at radius 1 is 0.911 bits per heavy atom. The highest BCUT2D eigenvalue weighted by Gasteiger charge is 2.39. The maximum atomic E-state index is 14.1. The molecule has 1 aliphatic heterocycles. The molecule has 2 fully saturated rings. The number of likely N-dealkylation sites (tertiary alicyclic amines) is 1. The SMILES string of the molecule is CC.CC(C)(O)O.CNC(=O)C(NC(=O)CNC(=O)C(=O)[C@H](CC1CCC1)NC(=O)C1CCCN1C(=O)CC(NC(=O)N(F)C(C)C)C(C)C)c1ccccc1. The number of hydrogen-bond donors (Lipinski definition) is 7. The Bertz CT molecular complexity index is 1450. The predicted octanol–water partition coefficient (Wildman–Crippen LogP) is 2.39. The van der Waals surface area contributed by atoms with Crippen LogP contribution >= 0.6 is 0 Å². The highest BCUT2D eigenvalue weighted by atomic mass is 19.2. The molecule has 1 saturated carbocycles. The summed E-state index contributed by atoms with van der Waals surface area (Å²) in [5.74, 6) is -5.70. The number of amides is 7. The third kappa shape index (κ3) is 17.0. The Hall–Kier alpha value is -4.64. The van der Waals surface area contributed by atoms with Gasteiger partial charge >= 0.3 is 6.03 Å². The largest absolute Gasteiger partial charge is 0.366 e. The van der Waals surface area contributed by atoms with E-state index in [2.05, 4.69) is 26.6 Å². The monoisotopic (exact) mass is 793 g/mol. The van der Waals surface area contributed by atoms with Crippen LogP contribution in [0.4, 0.5) is 9.28 Å². The maximum Gasteiger partial charge on any atom is 0.345 e. The number of ketones is 1.